The van der Waals surface area contributed by atoms with E-state index in [1.165, 1.54) is 23.1 Å². The van der Waals surface area contributed by atoms with E-state index in [4.69, 9.17) is 16.3 Å². The van der Waals surface area contributed by atoms with Crippen LogP contribution in [-0.2, 0) is 9.59 Å². The Labute approximate surface area is 218 Å². The lowest BCUT2D eigenvalue weighted by Gasteiger charge is -2.27. The summed E-state index contributed by atoms with van der Waals surface area (Å²) in [5.74, 6) is -0.608. The van der Waals surface area contributed by atoms with Gasteiger partial charge in [0.1, 0.15) is 5.75 Å². The molecule has 0 saturated heterocycles. The van der Waals surface area contributed by atoms with Crippen LogP contribution in [0.4, 0.5) is 32.8 Å². The number of hydrogen-bond acceptors (Lipinski definition) is 5. The maximum absolute atomic E-state index is 14.3. The first-order valence-corrected chi connectivity index (χ1v) is 11.5. The molecule has 37 heavy (non-hydrogen) atoms. The van der Waals surface area contributed by atoms with Crippen LogP contribution in [0.5, 0.6) is 11.5 Å². The number of aromatic nitrogens is 1. The highest BCUT2D eigenvalue weighted by Gasteiger charge is 2.18. The Kier molecular flexibility index (Phi) is 7.80. The molecule has 0 atom stereocenters. The number of carbonyl (C=O) groups is 2. The van der Waals surface area contributed by atoms with Crippen molar-refractivity contribution in [3.05, 3.63) is 109 Å². The third kappa shape index (κ3) is 5.76. The van der Waals surface area contributed by atoms with Crippen LogP contribution >= 0.6 is 11.6 Å². The molecule has 0 aliphatic carbocycles. The Hall–Kier alpha value is -4.69. The summed E-state index contributed by atoms with van der Waals surface area (Å²) >= 11 is 5.87. The van der Waals surface area contributed by atoms with Gasteiger partial charge < -0.3 is 15.0 Å². The molecule has 1 heterocycles. The Morgan fingerprint density at radius 3 is 2.59 bits per heavy atom. The number of hydrogen-bond donors (Lipinski definition) is 1. The van der Waals surface area contributed by atoms with Crippen molar-refractivity contribution in [1.82, 2.24) is 4.98 Å². The molecule has 1 aromatic heterocycles. The lowest BCUT2D eigenvalue weighted by atomic mass is 10.2. The van der Waals surface area contributed by atoms with Crippen molar-refractivity contribution in [2.45, 2.75) is 0 Å². The molecule has 0 aliphatic rings. The van der Waals surface area contributed by atoms with Gasteiger partial charge >= 0.3 is 0 Å². The van der Waals surface area contributed by atoms with Crippen molar-refractivity contribution in [3.63, 3.8) is 0 Å². The van der Waals surface area contributed by atoms with E-state index in [-0.39, 0.29) is 16.7 Å². The molecule has 0 aliphatic heterocycles. The molecule has 0 radical (unpaired) electrons. The zero-order chi connectivity index (χ0) is 26.4. The number of ether oxygens (including phenoxy) is 1. The molecular weight excluding hydrogens is 495 g/mol. The zero-order valence-electron chi connectivity index (χ0n) is 19.8. The molecule has 0 fully saturated rings. The zero-order valence-corrected chi connectivity index (χ0v) is 20.5. The van der Waals surface area contributed by atoms with Crippen molar-refractivity contribution >= 4 is 52.4 Å². The molecule has 186 valence electrons. The van der Waals surface area contributed by atoms with Crippen molar-refractivity contribution < 1.29 is 18.7 Å². The molecule has 0 saturated carbocycles. The number of rotatable bonds is 9. The average molecular weight is 517 g/mol. The van der Waals surface area contributed by atoms with Crippen LogP contribution in [0.2, 0.25) is 5.02 Å². The normalized spacial score (nSPS) is 10.4. The van der Waals surface area contributed by atoms with Crippen LogP contribution in [0.25, 0.3) is 0 Å². The van der Waals surface area contributed by atoms with E-state index in [0.717, 1.165) is 0 Å². The van der Waals surface area contributed by atoms with E-state index >= 15 is 0 Å². The molecule has 0 unspecified atom stereocenters. The molecule has 4 aromatic rings. The summed E-state index contributed by atoms with van der Waals surface area (Å²) in [6, 6.07) is 20.1. The Balaban J connectivity index is 1.66. The fourth-order valence-electron chi connectivity index (χ4n) is 3.61. The summed E-state index contributed by atoms with van der Waals surface area (Å²) in [5, 5.41) is 2.65. The predicted molar refractivity (Wildman–Crippen MR) is 144 cm³/mol. The van der Waals surface area contributed by atoms with Crippen LogP contribution in [-0.4, -0.2) is 24.3 Å². The van der Waals surface area contributed by atoms with Crippen molar-refractivity contribution in [3.8, 4) is 11.5 Å². The number of halogens is 2. The summed E-state index contributed by atoms with van der Waals surface area (Å²) in [6.45, 7) is 3.45. The van der Waals surface area contributed by atoms with E-state index in [0.29, 0.717) is 40.6 Å². The first kappa shape index (κ1) is 25.4. The Bertz CT molecular complexity index is 1460. The van der Waals surface area contributed by atoms with Gasteiger partial charge in [0, 0.05) is 30.7 Å². The quantitative estimate of drug-likeness (QED) is 0.194. The average Bonchev–Trinajstić information content (AvgIpc) is 2.92. The topological polar surface area (TPSA) is 74.8 Å². The second-order valence-electron chi connectivity index (χ2n) is 7.79. The van der Waals surface area contributed by atoms with Crippen LogP contribution in [0, 0.1) is 5.82 Å². The number of benzene rings is 3. The molecule has 0 spiro atoms. The highest BCUT2D eigenvalue weighted by atomic mass is 35.5. The predicted octanol–water partition coefficient (Wildman–Crippen LogP) is 6.85. The van der Waals surface area contributed by atoms with Gasteiger partial charge in [-0.05, 0) is 54.6 Å². The van der Waals surface area contributed by atoms with E-state index in [1.807, 2.05) is 18.0 Å². The Morgan fingerprint density at radius 1 is 1.05 bits per heavy atom. The summed E-state index contributed by atoms with van der Waals surface area (Å²) in [5.41, 5.74) is 2.91. The number of anilines is 5. The van der Waals surface area contributed by atoms with Gasteiger partial charge in [-0.15, -0.1) is 0 Å². The second-order valence-corrected chi connectivity index (χ2v) is 8.20. The molecule has 2 amide bonds. The molecule has 4 rings (SSSR count). The molecule has 3 aromatic carbocycles. The van der Waals surface area contributed by atoms with Gasteiger partial charge in [-0.3, -0.25) is 19.5 Å². The van der Waals surface area contributed by atoms with Gasteiger partial charge in [-0.25, -0.2) is 4.39 Å². The summed E-state index contributed by atoms with van der Waals surface area (Å²) in [6.07, 6.45) is 5.05. The van der Waals surface area contributed by atoms with E-state index in [9.17, 15) is 14.0 Å². The smallest absolute Gasteiger partial charge is 0.247 e. The van der Waals surface area contributed by atoms with Crippen molar-refractivity contribution in [2.75, 3.05) is 22.2 Å². The van der Waals surface area contributed by atoms with Crippen molar-refractivity contribution in [1.29, 1.82) is 0 Å². The first-order chi connectivity index (χ1) is 17.9. The maximum atomic E-state index is 14.3. The SMILES string of the molecule is C=CC(=O)Nc1cccc(N(C=O)c2ccncc2N(C)c2cccc(Oc3cccc(Cl)c3F)c2)c1. The van der Waals surface area contributed by atoms with Crippen LogP contribution in [0.1, 0.15) is 0 Å². The monoisotopic (exact) mass is 516 g/mol. The number of amides is 2. The summed E-state index contributed by atoms with van der Waals surface area (Å²) < 4.78 is 20.1. The molecule has 7 nitrogen and oxygen atoms in total. The fraction of sp³-hybridized carbons (Fsp3) is 0.0357. The summed E-state index contributed by atoms with van der Waals surface area (Å²) in [7, 11) is 1.81. The number of nitrogens with zero attached hydrogens (tertiary/aromatic N) is 3. The molecule has 0 bridgehead atoms. The minimum Gasteiger partial charge on any atom is -0.454 e. The third-order valence-corrected chi connectivity index (χ3v) is 5.72. The van der Waals surface area contributed by atoms with Crippen LogP contribution < -0.4 is 19.9 Å². The Morgan fingerprint density at radius 2 is 1.81 bits per heavy atom. The maximum Gasteiger partial charge on any atom is 0.247 e. The van der Waals surface area contributed by atoms with Crippen LogP contribution in [0.15, 0.2) is 97.8 Å². The summed E-state index contributed by atoms with van der Waals surface area (Å²) in [4.78, 5) is 31.5. The number of pyridine rings is 1. The highest BCUT2D eigenvalue weighted by Crippen LogP contribution is 2.38. The standard InChI is InChI=1S/C28H22ClFN4O3/c1-3-27(36)32-19-7-4-9-21(15-19)34(18-35)24-13-14-31-17-25(24)33(2)20-8-5-10-22(16-20)37-26-12-6-11-23(29)28(26)30/h3-18H,1H2,2H3,(H,32,36). The lowest BCUT2D eigenvalue weighted by Crippen LogP contribution is -2.19. The molecule has 1 N–H and O–H groups in total. The van der Waals surface area contributed by atoms with E-state index in [2.05, 4.69) is 16.9 Å². The van der Waals surface area contributed by atoms with Gasteiger partial charge in [0.15, 0.2) is 11.6 Å². The first-order valence-electron chi connectivity index (χ1n) is 11.1. The minimum absolute atomic E-state index is 0.00456. The molecular formula is C28H22ClFN4O3. The number of carbonyl (C=O) groups excluding carboxylic acids is 2. The number of nitrogens with one attached hydrogen (secondary N) is 1. The van der Waals surface area contributed by atoms with Crippen LogP contribution in [0.3, 0.4) is 0 Å². The highest BCUT2D eigenvalue weighted by molar-refractivity contribution is 6.30. The van der Waals surface area contributed by atoms with Gasteiger partial charge in [0.05, 0.1) is 28.3 Å². The fourth-order valence-corrected chi connectivity index (χ4v) is 3.77. The van der Waals surface area contributed by atoms with Gasteiger partial charge in [-0.2, -0.15) is 0 Å². The second kappa shape index (κ2) is 11.4. The molecule has 9 heteroatoms. The largest absolute Gasteiger partial charge is 0.454 e. The minimum atomic E-state index is -0.648. The lowest BCUT2D eigenvalue weighted by molar-refractivity contribution is -0.112. The van der Waals surface area contributed by atoms with Crippen molar-refractivity contribution in [2.24, 2.45) is 0 Å². The van der Waals surface area contributed by atoms with Gasteiger partial charge in [0.2, 0.25) is 12.3 Å². The van der Waals surface area contributed by atoms with Gasteiger partial charge in [-0.1, -0.05) is 36.4 Å². The van der Waals surface area contributed by atoms with E-state index in [1.54, 1.807) is 67.0 Å². The third-order valence-electron chi connectivity index (χ3n) is 5.43. The van der Waals surface area contributed by atoms with E-state index < -0.39 is 5.82 Å². The van der Waals surface area contributed by atoms with Gasteiger partial charge in [0.25, 0.3) is 0 Å².